The number of benzene rings is 1. The molecule has 1 amide bonds. The van der Waals surface area contributed by atoms with E-state index in [9.17, 15) is 9.90 Å². The molecule has 6 nitrogen and oxygen atoms in total. The van der Waals surface area contributed by atoms with E-state index < -0.39 is 5.60 Å². The molecule has 0 radical (unpaired) electrons. The summed E-state index contributed by atoms with van der Waals surface area (Å²) in [4.78, 5) is 14.5. The van der Waals surface area contributed by atoms with Crippen molar-refractivity contribution in [1.82, 2.24) is 4.90 Å². The molecule has 0 spiro atoms. The number of nitrogens with zero attached hydrogens (tertiary/aromatic N) is 1. The molecule has 1 aromatic carbocycles. The number of aliphatic hydroxyl groups excluding tert-OH is 1. The summed E-state index contributed by atoms with van der Waals surface area (Å²) in [6.07, 6.45) is 4.73. The number of hydrogen-bond acceptors (Lipinski definition) is 5. The molecule has 3 rings (SSSR count). The minimum absolute atomic E-state index is 0.0282. The number of hydrogen-bond donors (Lipinski definition) is 1. The van der Waals surface area contributed by atoms with Crippen LogP contribution in [0.1, 0.15) is 65.4 Å². The number of ether oxygens (including phenoxy) is 3. The van der Waals surface area contributed by atoms with Crippen molar-refractivity contribution in [3.63, 3.8) is 0 Å². The molecule has 1 N–H and O–H groups in total. The average molecular weight is 434 g/mol. The molecule has 1 saturated carbocycles. The van der Waals surface area contributed by atoms with E-state index in [4.69, 9.17) is 14.2 Å². The Morgan fingerprint density at radius 3 is 2.29 bits per heavy atom. The lowest BCUT2D eigenvalue weighted by Gasteiger charge is -2.36. The summed E-state index contributed by atoms with van der Waals surface area (Å²) in [5, 5.41) is 10.0. The molecular weight excluding hydrogens is 394 g/mol. The molecule has 0 bridgehead atoms. The molecule has 1 saturated heterocycles. The van der Waals surface area contributed by atoms with Crippen molar-refractivity contribution in [2.75, 3.05) is 19.8 Å². The van der Waals surface area contributed by atoms with Crippen molar-refractivity contribution in [3.05, 3.63) is 35.9 Å². The third-order valence-corrected chi connectivity index (χ3v) is 6.53. The van der Waals surface area contributed by atoms with Crippen molar-refractivity contribution >= 4 is 6.09 Å². The Morgan fingerprint density at radius 2 is 1.71 bits per heavy atom. The third-order valence-electron chi connectivity index (χ3n) is 6.53. The van der Waals surface area contributed by atoms with Gasteiger partial charge in [0.15, 0.2) is 0 Å². The molecule has 1 aliphatic heterocycles. The number of carbonyl (C=O) groups is 1. The van der Waals surface area contributed by atoms with E-state index in [1.807, 2.05) is 45.9 Å². The lowest BCUT2D eigenvalue weighted by Crippen LogP contribution is -2.48. The van der Waals surface area contributed by atoms with Gasteiger partial charge in [-0.2, -0.15) is 0 Å². The van der Waals surface area contributed by atoms with Gasteiger partial charge in [-0.1, -0.05) is 37.3 Å². The van der Waals surface area contributed by atoms with Gasteiger partial charge >= 0.3 is 6.09 Å². The summed E-state index contributed by atoms with van der Waals surface area (Å²) in [6.45, 7) is 9.33. The van der Waals surface area contributed by atoms with Crippen LogP contribution in [0.5, 0.6) is 0 Å². The summed E-state index contributed by atoms with van der Waals surface area (Å²) < 4.78 is 17.9. The minimum Gasteiger partial charge on any atom is -0.444 e. The van der Waals surface area contributed by atoms with Gasteiger partial charge in [0, 0.05) is 12.0 Å². The Bertz CT molecular complexity index is 696. The highest BCUT2D eigenvalue weighted by molar-refractivity contribution is 5.69. The second-order valence-corrected chi connectivity index (χ2v) is 10.3. The molecule has 2 fully saturated rings. The standard InChI is InChI=1S/C25H39NO5/c1-24(2,3)31-23(28)26-15-14-25(4,18-27)22(26)17-30-21-12-10-20(11-13-21)29-16-19-8-6-5-7-9-19/h5-9,20-22,27H,10-18H2,1-4H3. The molecule has 1 heterocycles. The monoisotopic (exact) mass is 433 g/mol. The van der Waals surface area contributed by atoms with E-state index in [2.05, 4.69) is 12.1 Å². The van der Waals surface area contributed by atoms with Crippen LogP contribution in [-0.4, -0.2) is 59.7 Å². The smallest absolute Gasteiger partial charge is 0.410 e. The van der Waals surface area contributed by atoms with Crippen LogP contribution in [0.2, 0.25) is 0 Å². The van der Waals surface area contributed by atoms with Crippen LogP contribution >= 0.6 is 0 Å². The molecule has 31 heavy (non-hydrogen) atoms. The number of aliphatic hydroxyl groups is 1. The van der Waals surface area contributed by atoms with Gasteiger partial charge in [0.1, 0.15) is 5.60 Å². The summed E-state index contributed by atoms with van der Waals surface area (Å²) in [5.41, 5.74) is 0.291. The fraction of sp³-hybridized carbons (Fsp3) is 0.720. The molecule has 2 aliphatic rings. The lowest BCUT2D eigenvalue weighted by atomic mass is 9.83. The zero-order valence-electron chi connectivity index (χ0n) is 19.5. The Morgan fingerprint density at radius 1 is 1.10 bits per heavy atom. The van der Waals surface area contributed by atoms with Gasteiger partial charge in [0.2, 0.25) is 0 Å². The second kappa shape index (κ2) is 10.3. The van der Waals surface area contributed by atoms with Crippen molar-refractivity contribution < 1.29 is 24.1 Å². The summed E-state index contributed by atoms with van der Waals surface area (Å²) in [7, 11) is 0. The Hall–Kier alpha value is -1.63. The maximum Gasteiger partial charge on any atom is 0.410 e. The van der Waals surface area contributed by atoms with Gasteiger partial charge in [-0.25, -0.2) is 4.79 Å². The maximum atomic E-state index is 12.7. The predicted molar refractivity (Wildman–Crippen MR) is 120 cm³/mol. The predicted octanol–water partition coefficient (Wildman–Crippen LogP) is 4.54. The molecule has 2 atom stereocenters. The van der Waals surface area contributed by atoms with Crippen LogP contribution in [0, 0.1) is 5.41 Å². The Balaban J connectivity index is 1.47. The first-order valence-corrected chi connectivity index (χ1v) is 11.6. The fourth-order valence-corrected chi connectivity index (χ4v) is 4.47. The first-order valence-electron chi connectivity index (χ1n) is 11.6. The van der Waals surface area contributed by atoms with Gasteiger partial charge in [-0.15, -0.1) is 0 Å². The highest BCUT2D eigenvalue weighted by Gasteiger charge is 2.47. The number of carbonyl (C=O) groups excluding carboxylic acids is 1. The first kappa shape index (κ1) is 24.0. The zero-order valence-corrected chi connectivity index (χ0v) is 19.5. The third kappa shape index (κ3) is 6.67. The van der Waals surface area contributed by atoms with Gasteiger partial charge in [0.25, 0.3) is 0 Å². The second-order valence-electron chi connectivity index (χ2n) is 10.3. The Labute approximate surface area is 186 Å². The van der Waals surface area contributed by atoms with Crippen LogP contribution in [0.15, 0.2) is 30.3 Å². The van der Waals surface area contributed by atoms with Gasteiger partial charge in [-0.3, -0.25) is 0 Å². The highest BCUT2D eigenvalue weighted by Crippen LogP contribution is 2.38. The van der Waals surface area contributed by atoms with E-state index in [1.54, 1.807) is 4.90 Å². The van der Waals surface area contributed by atoms with E-state index in [-0.39, 0.29) is 36.4 Å². The number of likely N-dealkylation sites (tertiary alicyclic amines) is 1. The molecule has 174 valence electrons. The first-order chi connectivity index (χ1) is 14.7. The molecule has 1 aliphatic carbocycles. The normalized spacial score (nSPS) is 29.2. The highest BCUT2D eigenvalue weighted by atomic mass is 16.6. The lowest BCUT2D eigenvalue weighted by molar-refractivity contribution is -0.0623. The molecule has 0 aromatic heterocycles. The zero-order chi connectivity index (χ0) is 22.5. The van der Waals surface area contributed by atoms with Crippen LogP contribution in [0.3, 0.4) is 0 Å². The SMILES string of the molecule is CC(C)(C)OC(=O)N1CCC(C)(CO)C1COC1CCC(OCc2ccccc2)CC1. The van der Waals surface area contributed by atoms with E-state index in [1.165, 1.54) is 5.56 Å². The van der Waals surface area contributed by atoms with Crippen molar-refractivity contribution in [2.24, 2.45) is 5.41 Å². The largest absolute Gasteiger partial charge is 0.444 e. The van der Waals surface area contributed by atoms with E-state index >= 15 is 0 Å². The van der Waals surface area contributed by atoms with Gasteiger partial charge in [-0.05, 0) is 58.4 Å². The van der Waals surface area contributed by atoms with E-state index in [0.717, 1.165) is 32.1 Å². The number of rotatable bonds is 7. The van der Waals surface area contributed by atoms with Crippen LogP contribution in [0.25, 0.3) is 0 Å². The average Bonchev–Trinajstić information content (AvgIpc) is 3.08. The van der Waals surface area contributed by atoms with E-state index in [0.29, 0.717) is 19.8 Å². The molecule has 1 aromatic rings. The molecular formula is C25H39NO5. The maximum absolute atomic E-state index is 12.7. The number of amides is 1. The topological polar surface area (TPSA) is 68.2 Å². The summed E-state index contributed by atoms with van der Waals surface area (Å²) in [6, 6.07) is 10.1. The van der Waals surface area contributed by atoms with Crippen LogP contribution in [0.4, 0.5) is 4.79 Å². The minimum atomic E-state index is -0.543. The Kier molecular flexibility index (Phi) is 8.00. The van der Waals surface area contributed by atoms with Crippen LogP contribution in [-0.2, 0) is 20.8 Å². The van der Waals surface area contributed by atoms with Gasteiger partial charge < -0.3 is 24.2 Å². The molecule has 6 heteroatoms. The quantitative estimate of drug-likeness (QED) is 0.684. The summed E-state index contributed by atoms with van der Waals surface area (Å²) in [5.74, 6) is 0. The van der Waals surface area contributed by atoms with Crippen molar-refractivity contribution in [1.29, 1.82) is 0 Å². The molecule has 2 unspecified atom stereocenters. The summed E-state index contributed by atoms with van der Waals surface area (Å²) >= 11 is 0. The van der Waals surface area contributed by atoms with Crippen LogP contribution < -0.4 is 0 Å². The van der Waals surface area contributed by atoms with Gasteiger partial charge in [0.05, 0.1) is 38.1 Å². The fourth-order valence-electron chi connectivity index (χ4n) is 4.47. The van der Waals surface area contributed by atoms with Crippen molar-refractivity contribution in [3.8, 4) is 0 Å². The van der Waals surface area contributed by atoms with Crippen molar-refractivity contribution in [2.45, 2.75) is 90.3 Å².